The molecule has 0 radical (unpaired) electrons. The average molecular weight is 283 g/mol. The Hall–Kier alpha value is -1.42. The SMILES string of the molecule is N=c1ncn(S)c2c1ncn2[C@H]1C[C@H](O)[C@@H](CO)O1. The van der Waals surface area contributed by atoms with Crippen LogP contribution >= 0.6 is 12.8 Å². The number of aromatic nitrogens is 4. The predicted octanol–water partition coefficient (Wildman–Crippen LogP) is -0.954. The van der Waals surface area contributed by atoms with E-state index in [-0.39, 0.29) is 12.1 Å². The number of nitrogens with zero attached hydrogens (tertiary/aromatic N) is 4. The second-order valence-electron chi connectivity index (χ2n) is 4.38. The van der Waals surface area contributed by atoms with E-state index in [1.807, 2.05) is 0 Å². The van der Waals surface area contributed by atoms with Crippen molar-refractivity contribution in [3.63, 3.8) is 0 Å². The van der Waals surface area contributed by atoms with E-state index < -0.39 is 18.4 Å². The van der Waals surface area contributed by atoms with Gasteiger partial charge in [-0.3, -0.25) is 13.9 Å². The Morgan fingerprint density at radius 1 is 1.47 bits per heavy atom. The Kier molecular flexibility index (Phi) is 3.05. The fourth-order valence-corrected chi connectivity index (χ4v) is 2.49. The number of thiol groups is 1. The summed E-state index contributed by atoms with van der Waals surface area (Å²) in [5.74, 6) is 0. The van der Waals surface area contributed by atoms with Gasteiger partial charge in [-0.05, 0) is 0 Å². The van der Waals surface area contributed by atoms with Crippen molar-refractivity contribution < 1.29 is 14.9 Å². The van der Waals surface area contributed by atoms with Crippen LogP contribution in [0.25, 0.3) is 11.2 Å². The van der Waals surface area contributed by atoms with Gasteiger partial charge in [0.2, 0.25) is 0 Å². The summed E-state index contributed by atoms with van der Waals surface area (Å²) in [6, 6.07) is 0. The summed E-state index contributed by atoms with van der Waals surface area (Å²) in [7, 11) is 0. The van der Waals surface area contributed by atoms with Crippen molar-refractivity contribution in [1.29, 1.82) is 5.41 Å². The minimum absolute atomic E-state index is 0.0521. The van der Waals surface area contributed by atoms with E-state index in [4.69, 9.17) is 15.3 Å². The molecule has 1 aliphatic rings. The van der Waals surface area contributed by atoms with Crippen LogP contribution in [0.2, 0.25) is 0 Å². The summed E-state index contributed by atoms with van der Waals surface area (Å²) >= 11 is 4.24. The normalized spacial score (nSPS) is 27.2. The number of nitrogens with one attached hydrogen (secondary N) is 1. The molecule has 0 aromatic carbocycles. The van der Waals surface area contributed by atoms with Gasteiger partial charge >= 0.3 is 0 Å². The van der Waals surface area contributed by atoms with Gasteiger partial charge in [-0.2, -0.15) is 0 Å². The first kappa shape index (κ1) is 12.6. The molecular weight excluding hydrogens is 270 g/mol. The molecule has 8 nitrogen and oxygen atoms in total. The van der Waals surface area contributed by atoms with Crippen LogP contribution < -0.4 is 5.49 Å². The standard InChI is InChI=1S/C10H13N5O3S/c11-9-8-10(15(19)4-13-9)14(3-12-8)7-1-5(17)6(2-16)18-7/h3-7,11,16-17,19H,1-2H2/t5-,6+,7+/m0/s1. The molecule has 0 unspecified atom stereocenters. The second kappa shape index (κ2) is 4.60. The van der Waals surface area contributed by atoms with Gasteiger partial charge < -0.3 is 14.9 Å². The highest BCUT2D eigenvalue weighted by Gasteiger charge is 2.35. The number of imidazole rings is 1. The molecule has 3 heterocycles. The lowest BCUT2D eigenvalue weighted by molar-refractivity contribution is -0.0432. The van der Waals surface area contributed by atoms with Crippen LogP contribution in [0.1, 0.15) is 12.6 Å². The predicted molar refractivity (Wildman–Crippen MR) is 67.4 cm³/mol. The van der Waals surface area contributed by atoms with E-state index >= 15 is 0 Å². The van der Waals surface area contributed by atoms with Gasteiger partial charge in [0.05, 0.1) is 19.0 Å². The highest BCUT2D eigenvalue weighted by Crippen LogP contribution is 2.30. The molecule has 3 rings (SSSR count). The lowest BCUT2D eigenvalue weighted by Gasteiger charge is -2.14. The average Bonchev–Trinajstić information content (AvgIpc) is 2.97. The summed E-state index contributed by atoms with van der Waals surface area (Å²) in [6.07, 6.45) is 1.50. The van der Waals surface area contributed by atoms with E-state index in [0.29, 0.717) is 17.6 Å². The summed E-state index contributed by atoms with van der Waals surface area (Å²) in [6.45, 7) is -0.240. The third-order valence-corrected chi connectivity index (χ3v) is 3.49. The Labute approximate surface area is 113 Å². The fraction of sp³-hybridized carbons (Fsp3) is 0.500. The van der Waals surface area contributed by atoms with E-state index in [1.165, 1.54) is 16.6 Å². The Morgan fingerprint density at radius 3 is 2.95 bits per heavy atom. The summed E-state index contributed by atoms with van der Waals surface area (Å²) in [4.78, 5) is 7.96. The van der Waals surface area contributed by atoms with Crippen LogP contribution in [0.3, 0.4) is 0 Å². The zero-order valence-corrected chi connectivity index (χ0v) is 10.7. The summed E-state index contributed by atoms with van der Waals surface area (Å²) < 4.78 is 8.69. The molecule has 1 saturated heterocycles. The van der Waals surface area contributed by atoms with Crippen molar-refractivity contribution in [2.24, 2.45) is 0 Å². The number of hydrogen-bond acceptors (Lipinski definition) is 7. The van der Waals surface area contributed by atoms with Crippen LogP contribution in [0.5, 0.6) is 0 Å². The zero-order valence-electron chi connectivity index (χ0n) is 9.84. The van der Waals surface area contributed by atoms with Crippen LogP contribution in [0, 0.1) is 5.41 Å². The van der Waals surface area contributed by atoms with Gasteiger partial charge in [-0.25, -0.2) is 9.97 Å². The minimum Gasteiger partial charge on any atom is -0.394 e. The Balaban J connectivity index is 2.07. The van der Waals surface area contributed by atoms with Crippen molar-refractivity contribution >= 4 is 24.0 Å². The highest BCUT2D eigenvalue weighted by molar-refractivity contribution is 7.78. The van der Waals surface area contributed by atoms with Crippen molar-refractivity contribution in [2.75, 3.05) is 6.61 Å². The molecule has 3 N–H and O–H groups in total. The first-order valence-corrected chi connectivity index (χ1v) is 6.14. The largest absolute Gasteiger partial charge is 0.394 e. The molecule has 0 amide bonds. The van der Waals surface area contributed by atoms with Crippen molar-refractivity contribution in [2.45, 2.75) is 24.9 Å². The Bertz CT molecular complexity index is 669. The molecule has 2 aromatic rings. The van der Waals surface area contributed by atoms with Crippen molar-refractivity contribution in [1.82, 2.24) is 18.5 Å². The summed E-state index contributed by atoms with van der Waals surface area (Å²) in [5, 5.41) is 26.5. The van der Waals surface area contributed by atoms with E-state index in [1.54, 1.807) is 4.57 Å². The molecule has 9 heteroatoms. The molecule has 1 fully saturated rings. The van der Waals surface area contributed by atoms with Crippen LogP contribution in [0.4, 0.5) is 0 Å². The highest BCUT2D eigenvalue weighted by atomic mass is 32.1. The van der Waals surface area contributed by atoms with Crippen molar-refractivity contribution in [3.05, 3.63) is 18.1 Å². The minimum atomic E-state index is -0.724. The number of fused-ring (bicyclic) bond motifs is 1. The topological polar surface area (TPSA) is 109 Å². The van der Waals surface area contributed by atoms with Crippen molar-refractivity contribution in [3.8, 4) is 0 Å². The molecule has 0 bridgehead atoms. The molecule has 0 spiro atoms. The number of hydrogen-bond donors (Lipinski definition) is 4. The van der Waals surface area contributed by atoms with Crippen LogP contribution in [-0.2, 0) is 4.74 Å². The first-order valence-electron chi connectivity index (χ1n) is 5.74. The Morgan fingerprint density at radius 2 is 2.26 bits per heavy atom. The first-order chi connectivity index (χ1) is 9.11. The molecule has 0 aliphatic carbocycles. The molecule has 2 aromatic heterocycles. The van der Waals surface area contributed by atoms with E-state index in [0.717, 1.165) is 0 Å². The smallest absolute Gasteiger partial charge is 0.176 e. The maximum absolute atomic E-state index is 9.76. The van der Waals surface area contributed by atoms with Gasteiger partial charge in [0, 0.05) is 6.42 Å². The monoisotopic (exact) mass is 283 g/mol. The second-order valence-corrected chi connectivity index (χ2v) is 4.81. The quantitative estimate of drug-likeness (QED) is 0.531. The maximum atomic E-state index is 9.76. The number of rotatable bonds is 2. The van der Waals surface area contributed by atoms with Gasteiger partial charge in [0.15, 0.2) is 16.7 Å². The van der Waals surface area contributed by atoms with Gasteiger partial charge in [-0.1, -0.05) is 12.8 Å². The maximum Gasteiger partial charge on any atom is 0.176 e. The van der Waals surface area contributed by atoms with Gasteiger partial charge in [0.25, 0.3) is 0 Å². The number of aliphatic hydroxyl groups is 2. The fourth-order valence-electron chi connectivity index (χ4n) is 2.24. The molecule has 19 heavy (non-hydrogen) atoms. The van der Waals surface area contributed by atoms with E-state index in [9.17, 15) is 5.11 Å². The lowest BCUT2D eigenvalue weighted by atomic mass is 10.2. The third kappa shape index (κ3) is 1.94. The van der Waals surface area contributed by atoms with E-state index in [2.05, 4.69) is 22.8 Å². The van der Waals surface area contributed by atoms with Crippen LogP contribution in [0.15, 0.2) is 12.7 Å². The molecule has 1 aliphatic heterocycles. The van der Waals surface area contributed by atoms with Gasteiger partial charge in [0.1, 0.15) is 18.7 Å². The lowest BCUT2D eigenvalue weighted by Crippen LogP contribution is -2.24. The summed E-state index contributed by atoms with van der Waals surface area (Å²) in [5.41, 5.74) is 1.03. The van der Waals surface area contributed by atoms with Gasteiger partial charge in [-0.15, -0.1) is 0 Å². The number of ether oxygens (including phenoxy) is 1. The zero-order chi connectivity index (χ0) is 13.6. The third-order valence-electron chi connectivity index (χ3n) is 3.20. The number of aliphatic hydroxyl groups excluding tert-OH is 2. The van der Waals surface area contributed by atoms with Crippen LogP contribution in [-0.4, -0.2) is 47.5 Å². The molecule has 0 saturated carbocycles. The molecular formula is C10H13N5O3S. The molecule has 3 atom stereocenters. The molecule has 102 valence electrons.